The van der Waals surface area contributed by atoms with Gasteiger partial charge in [-0.1, -0.05) is 48.5 Å². The molecule has 2 N–H and O–H groups in total. The molecule has 2 aromatic carbocycles. The van der Waals surface area contributed by atoms with Crippen LogP contribution in [0.1, 0.15) is 62.5 Å². The van der Waals surface area contributed by atoms with Crippen LogP contribution in [0.3, 0.4) is 0 Å². The number of carboxylic acids is 1. The molecule has 1 aromatic heterocycles. The highest BCUT2D eigenvalue weighted by Gasteiger charge is 2.28. The monoisotopic (exact) mass is 461 g/mol. The van der Waals surface area contributed by atoms with Crippen molar-refractivity contribution in [2.45, 2.75) is 58.9 Å². The van der Waals surface area contributed by atoms with Crippen molar-refractivity contribution < 1.29 is 14.7 Å². The first-order valence-corrected chi connectivity index (χ1v) is 12.4. The van der Waals surface area contributed by atoms with Crippen LogP contribution in [-0.4, -0.2) is 23.0 Å². The highest BCUT2D eigenvalue weighted by molar-refractivity contribution is 7.12. The Hall–Kier alpha value is -2.92. The number of carboxylic acid groups (broad SMARTS) is 1. The summed E-state index contributed by atoms with van der Waals surface area (Å²) in [7, 11) is 0. The Morgan fingerprint density at radius 1 is 0.939 bits per heavy atom. The molecule has 1 heterocycles. The lowest BCUT2D eigenvalue weighted by Crippen LogP contribution is -2.39. The Morgan fingerprint density at radius 3 is 2.24 bits per heavy atom. The summed E-state index contributed by atoms with van der Waals surface area (Å²) in [5.74, 6) is -1.02. The molecule has 4 nitrogen and oxygen atoms in total. The zero-order chi connectivity index (χ0) is 23.5. The molecule has 0 radical (unpaired) electrons. The van der Waals surface area contributed by atoms with E-state index in [-0.39, 0.29) is 17.9 Å². The molecular weight excluding hydrogens is 430 g/mol. The molecular formula is C28H31NO3S. The lowest BCUT2D eigenvalue weighted by molar-refractivity contribution is -0.142. The van der Waals surface area contributed by atoms with Crippen LogP contribution >= 0.6 is 11.3 Å². The summed E-state index contributed by atoms with van der Waals surface area (Å²) in [4.78, 5) is 26.6. The van der Waals surface area contributed by atoms with Gasteiger partial charge in [-0.25, -0.2) is 0 Å². The topological polar surface area (TPSA) is 66.4 Å². The van der Waals surface area contributed by atoms with Crippen molar-refractivity contribution in [2.75, 3.05) is 0 Å². The fourth-order valence-corrected chi connectivity index (χ4v) is 5.96. The van der Waals surface area contributed by atoms with Crippen LogP contribution in [0.4, 0.5) is 0 Å². The maximum absolute atomic E-state index is 13.2. The second-order valence-corrected chi connectivity index (χ2v) is 10.5. The number of nitrogens with one attached hydrogen (secondary N) is 1. The molecule has 1 amide bonds. The molecule has 5 heteroatoms. The Kier molecular flexibility index (Phi) is 6.99. The summed E-state index contributed by atoms with van der Waals surface area (Å²) < 4.78 is 0. The van der Waals surface area contributed by atoms with E-state index < -0.39 is 5.97 Å². The first kappa shape index (κ1) is 23.2. The van der Waals surface area contributed by atoms with E-state index in [2.05, 4.69) is 67.7 Å². The normalized spacial score (nSPS) is 18.2. The number of rotatable bonds is 6. The van der Waals surface area contributed by atoms with Gasteiger partial charge in [-0.05, 0) is 80.7 Å². The molecule has 1 aliphatic rings. The third-order valence-electron chi connectivity index (χ3n) is 6.81. The van der Waals surface area contributed by atoms with Crippen LogP contribution in [-0.2, 0) is 11.2 Å². The van der Waals surface area contributed by atoms with Gasteiger partial charge >= 0.3 is 5.97 Å². The number of benzene rings is 2. The summed E-state index contributed by atoms with van der Waals surface area (Å²) in [6.07, 6.45) is 3.42. The predicted octanol–water partition coefficient (Wildman–Crippen LogP) is 6.30. The lowest BCUT2D eigenvalue weighted by Gasteiger charge is -2.27. The van der Waals surface area contributed by atoms with E-state index in [1.807, 2.05) is 6.92 Å². The third kappa shape index (κ3) is 5.19. The number of aryl methyl sites for hydroxylation is 3. The number of carbonyl (C=O) groups excluding carboxylic acids is 1. The van der Waals surface area contributed by atoms with Gasteiger partial charge in [-0.2, -0.15) is 0 Å². The fourth-order valence-electron chi connectivity index (χ4n) is 4.89. The zero-order valence-electron chi connectivity index (χ0n) is 19.5. The van der Waals surface area contributed by atoms with E-state index >= 15 is 0 Å². The molecule has 0 spiro atoms. The second-order valence-electron chi connectivity index (χ2n) is 9.12. The molecule has 1 fully saturated rings. The van der Waals surface area contributed by atoms with E-state index in [9.17, 15) is 14.7 Å². The maximum Gasteiger partial charge on any atom is 0.306 e. The van der Waals surface area contributed by atoms with Crippen molar-refractivity contribution in [1.29, 1.82) is 0 Å². The van der Waals surface area contributed by atoms with Gasteiger partial charge in [-0.3, -0.25) is 9.59 Å². The van der Waals surface area contributed by atoms with Crippen molar-refractivity contribution >= 4 is 23.2 Å². The summed E-state index contributed by atoms with van der Waals surface area (Å²) >= 11 is 1.67. The van der Waals surface area contributed by atoms with E-state index in [0.717, 1.165) is 35.3 Å². The van der Waals surface area contributed by atoms with Crippen molar-refractivity contribution in [2.24, 2.45) is 5.92 Å². The summed E-state index contributed by atoms with van der Waals surface area (Å²) in [5, 5.41) is 12.4. The van der Waals surface area contributed by atoms with Gasteiger partial charge in [0, 0.05) is 15.8 Å². The quantitative estimate of drug-likeness (QED) is 0.452. The minimum Gasteiger partial charge on any atom is -0.481 e. The van der Waals surface area contributed by atoms with Crippen LogP contribution in [0.5, 0.6) is 0 Å². The van der Waals surface area contributed by atoms with Crippen LogP contribution in [0.25, 0.3) is 11.1 Å². The molecule has 0 aliphatic heterocycles. The molecule has 1 saturated carbocycles. The van der Waals surface area contributed by atoms with Crippen molar-refractivity contribution in [3.8, 4) is 11.1 Å². The van der Waals surface area contributed by atoms with Gasteiger partial charge in [-0.15, -0.1) is 11.3 Å². The van der Waals surface area contributed by atoms with E-state index in [1.54, 1.807) is 11.3 Å². The maximum atomic E-state index is 13.2. The molecule has 0 unspecified atom stereocenters. The predicted molar refractivity (Wildman–Crippen MR) is 134 cm³/mol. The molecule has 0 saturated heterocycles. The minimum atomic E-state index is -0.722. The van der Waals surface area contributed by atoms with Gasteiger partial charge in [0.05, 0.1) is 11.5 Å². The SMILES string of the molecule is Cc1ccccc1-c1ccc(Cc2c(C)sc(C)c2C(=O)NC2CCC(C(=O)O)CC2)cc1. The average molecular weight is 462 g/mol. The molecule has 4 rings (SSSR count). The van der Waals surface area contributed by atoms with Crippen molar-refractivity contribution in [3.63, 3.8) is 0 Å². The summed E-state index contributed by atoms with van der Waals surface area (Å²) in [6.45, 7) is 6.22. The summed E-state index contributed by atoms with van der Waals surface area (Å²) in [6, 6.07) is 17.1. The molecule has 172 valence electrons. The minimum absolute atomic E-state index is 0.0258. The van der Waals surface area contributed by atoms with Gasteiger partial charge in [0.2, 0.25) is 0 Å². The van der Waals surface area contributed by atoms with Crippen molar-refractivity contribution in [3.05, 3.63) is 80.5 Å². The Bertz CT molecular complexity index is 1150. The van der Waals surface area contributed by atoms with Crippen LogP contribution in [0.15, 0.2) is 48.5 Å². The van der Waals surface area contributed by atoms with E-state index in [1.165, 1.54) is 27.1 Å². The standard InChI is InChI=1S/C28H31NO3S/c1-17-6-4-5-7-24(17)21-10-8-20(9-11-21)16-25-18(2)33-19(3)26(25)27(30)29-23-14-12-22(13-15-23)28(31)32/h4-11,22-23H,12-16H2,1-3H3,(H,29,30)(H,31,32). The molecule has 0 atom stereocenters. The Balaban J connectivity index is 1.49. The summed E-state index contributed by atoms with van der Waals surface area (Å²) in [5.41, 5.74) is 6.77. The first-order chi connectivity index (χ1) is 15.8. The fraction of sp³-hybridized carbons (Fsp3) is 0.357. The lowest BCUT2D eigenvalue weighted by atomic mass is 9.86. The van der Waals surface area contributed by atoms with Crippen LogP contribution in [0, 0.1) is 26.7 Å². The van der Waals surface area contributed by atoms with Gasteiger partial charge < -0.3 is 10.4 Å². The number of hydrogen-bond acceptors (Lipinski definition) is 3. The third-order valence-corrected chi connectivity index (χ3v) is 7.88. The molecule has 1 aliphatic carbocycles. The molecule has 3 aromatic rings. The van der Waals surface area contributed by atoms with Crippen LogP contribution in [0.2, 0.25) is 0 Å². The number of aliphatic carboxylic acids is 1. The molecule has 33 heavy (non-hydrogen) atoms. The van der Waals surface area contributed by atoms with Gasteiger partial charge in [0.25, 0.3) is 5.91 Å². The number of thiophene rings is 1. The van der Waals surface area contributed by atoms with E-state index in [4.69, 9.17) is 0 Å². The van der Waals surface area contributed by atoms with Crippen LogP contribution < -0.4 is 5.32 Å². The Labute approximate surface area is 199 Å². The van der Waals surface area contributed by atoms with E-state index in [0.29, 0.717) is 12.8 Å². The highest BCUT2D eigenvalue weighted by Crippen LogP contribution is 2.31. The smallest absolute Gasteiger partial charge is 0.306 e. The first-order valence-electron chi connectivity index (χ1n) is 11.6. The second kappa shape index (κ2) is 9.92. The zero-order valence-corrected chi connectivity index (χ0v) is 20.3. The number of hydrogen-bond donors (Lipinski definition) is 2. The Morgan fingerprint density at radius 2 is 1.61 bits per heavy atom. The number of carbonyl (C=O) groups is 2. The van der Waals surface area contributed by atoms with Gasteiger partial charge in [0.1, 0.15) is 0 Å². The highest BCUT2D eigenvalue weighted by atomic mass is 32.1. The largest absolute Gasteiger partial charge is 0.481 e. The van der Waals surface area contributed by atoms with Crippen molar-refractivity contribution in [1.82, 2.24) is 5.32 Å². The average Bonchev–Trinajstić information content (AvgIpc) is 3.07. The number of amides is 1. The van der Waals surface area contributed by atoms with Gasteiger partial charge in [0.15, 0.2) is 0 Å². The molecule has 0 bridgehead atoms.